The lowest BCUT2D eigenvalue weighted by Crippen LogP contribution is -2.04. The SMILES string of the molecule is CSc1nc(N)cc(NCc2cscc2C)n1. The molecule has 4 nitrogen and oxygen atoms in total. The molecule has 0 fully saturated rings. The molecule has 0 saturated carbocycles. The second-order valence-corrected chi connectivity index (χ2v) is 5.12. The van der Waals surface area contributed by atoms with Crippen LogP contribution in [0.3, 0.4) is 0 Å². The van der Waals surface area contributed by atoms with Gasteiger partial charge in [-0.2, -0.15) is 11.3 Å². The first-order chi connectivity index (χ1) is 8.19. The lowest BCUT2D eigenvalue weighted by atomic mass is 10.2. The molecule has 0 spiro atoms. The molecule has 0 aliphatic rings. The smallest absolute Gasteiger partial charge is 0.191 e. The lowest BCUT2D eigenvalue weighted by Gasteiger charge is -2.07. The Labute approximate surface area is 109 Å². The van der Waals surface area contributed by atoms with E-state index in [1.165, 1.54) is 22.9 Å². The topological polar surface area (TPSA) is 63.8 Å². The van der Waals surface area contributed by atoms with Crippen molar-refractivity contribution in [3.05, 3.63) is 28.0 Å². The average molecular weight is 266 g/mol. The molecule has 2 aromatic rings. The molecule has 17 heavy (non-hydrogen) atoms. The second kappa shape index (κ2) is 5.37. The first-order valence-electron chi connectivity index (χ1n) is 5.13. The maximum Gasteiger partial charge on any atom is 0.191 e. The first-order valence-corrected chi connectivity index (χ1v) is 7.30. The molecule has 6 heteroatoms. The largest absolute Gasteiger partial charge is 0.383 e. The van der Waals surface area contributed by atoms with Gasteiger partial charge in [-0.15, -0.1) is 0 Å². The Morgan fingerprint density at radius 3 is 2.88 bits per heavy atom. The predicted octanol–water partition coefficient (Wildman–Crippen LogP) is 2.76. The summed E-state index contributed by atoms with van der Waals surface area (Å²) in [6, 6.07) is 1.75. The van der Waals surface area contributed by atoms with Gasteiger partial charge < -0.3 is 11.1 Å². The fraction of sp³-hybridized carbons (Fsp3) is 0.273. The van der Waals surface area contributed by atoms with E-state index >= 15 is 0 Å². The maximum atomic E-state index is 5.71. The molecule has 2 aromatic heterocycles. The van der Waals surface area contributed by atoms with Gasteiger partial charge in [-0.1, -0.05) is 11.8 Å². The van der Waals surface area contributed by atoms with Gasteiger partial charge in [-0.25, -0.2) is 9.97 Å². The van der Waals surface area contributed by atoms with Crippen LogP contribution in [0.15, 0.2) is 22.0 Å². The summed E-state index contributed by atoms with van der Waals surface area (Å²) in [5, 5.41) is 8.23. The third-order valence-corrected chi connectivity index (χ3v) is 3.79. The number of nitrogens with two attached hydrogens (primary N) is 1. The summed E-state index contributed by atoms with van der Waals surface area (Å²) < 4.78 is 0. The number of nitrogens with zero attached hydrogens (tertiary/aromatic N) is 2. The van der Waals surface area contributed by atoms with E-state index in [0.717, 1.165) is 12.4 Å². The van der Waals surface area contributed by atoms with Gasteiger partial charge in [0.1, 0.15) is 11.6 Å². The minimum absolute atomic E-state index is 0.494. The van der Waals surface area contributed by atoms with Crippen molar-refractivity contribution in [1.82, 2.24) is 9.97 Å². The molecule has 0 atom stereocenters. The lowest BCUT2D eigenvalue weighted by molar-refractivity contribution is 0.963. The molecule has 0 bridgehead atoms. The molecule has 3 N–H and O–H groups in total. The van der Waals surface area contributed by atoms with Gasteiger partial charge in [-0.3, -0.25) is 0 Å². The van der Waals surface area contributed by atoms with E-state index in [1.54, 1.807) is 17.4 Å². The van der Waals surface area contributed by atoms with Crippen LogP contribution in [0.1, 0.15) is 11.1 Å². The minimum Gasteiger partial charge on any atom is -0.383 e. The Hall–Kier alpha value is -1.27. The number of thiophene rings is 1. The van der Waals surface area contributed by atoms with E-state index in [1.807, 2.05) is 6.26 Å². The highest BCUT2D eigenvalue weighted by molar-refractivity contribution is 7.98. The van der Waals surface area contributed by atoms with Crippen LogP contribution in [0.4, 0.5) is 11.6 Å². The Kier molecular flexibility index (Phi) is 3.86. The molecular weight excluding hydrogens is 252 g/mol. The van der Waals surface area contributed by atoms with Gasteiger partial charge in [0, 0.05) is 12.6 Å². The van der Waals surface area contributed by atoms with Crippen LogP contribution in [-0.2, 0) is 6.54 Å². The molecule has 0 saturated heterocycles. The molecule has 0 radical (unpaired) electrons. The predicted molar refractivity (Wildman–Crippen MR) is 74.6 cm³/mol. The van der Waals surface area contributed by atoms with E-state index in [-0.39, 0.29) is 0 Å². The van der Waals surface area contributed by atoms with E-state index in [2.05, 4.69) is 33.0 Å². The standard InChI is InChI=1S/C11H14N4S2/c1-7-5-17-6-8(7)4-13-10-3-9(12)14-11(15-10)16-2/h3,5-6H,4H2,1-2H3,(H3,12,13,14,15). The zero-order chi connectivity index (χ0) is 12.3. The van der Waals surface area contributed by atoms with Crippen molar-refractivity contribution in [2.24, 2.45) is 0 Å². The Morgan fingerprint density at radius 2 is 2.24 bits per heavy atom. The number of hydrogen-bond donors (Lipinski definition) is 2. The summed E-state index contributed by atoms with van der Waals surface area (Å²) in [4.78, 5) is 8.45. The fourth-order valence-corrected chi connectivity index (χ4v) is 2.62. The summed E-state index contributed by atoms with van der Waals surface area (Å²) in [5.74, 6) is 1.27. The van der Waals surface area contributed by atoms with Crippen LogP contribution < -0.4 is 11.1 Å². The van der Waals surface area contributed by atoms with Crippen molar-refractivity contribution >= 4 is 34.7 Å². The van der Waals surface area contributed by atoms with Crippen LogP contribution >= 0.6 is 23.1 Å². The van der Waals surface area contributed by atoms with Crippen molar-refractivity contribution in [1.29, 1.82) is 0 Å². The number of nitrogens with one attached hydrogen (secondary N) is 1. The second-order valence-electron chi connectivity index (χ2n) is 3.60. The molecule has 0 aliphatic heterocycles. The van der Waals surface area contributed by atoms with Crippen LogP contribution in [0.2, 0.25) is 0 Å². The van der Waals surface area contributed by atoms with E-state index in [0.29, 0.717) is 11.0 Å². The summed E-state index contributed by atoms with van der Waals surface area (Å²) in [7, 11) is 0. The maximum absolute atomic E-state index is 5.71. The Bertz CT molecular complexity index is 510. The number of nitrogen functional groups attached to an aromatic ring is 1. The first kappa shape index (κ1) is 12.2. The molecule has 0 unspecified atom stereocenters. The number of rotatable bonds is 4. The molecule has 90 valence electrons. The van der Waals surface area contributed by atoms with Gasteiger partial charge in [-0.05, 0) is 35.1 Å². The quantitative estimate of drug-likeness (QED) is 0.658. The van der Waals surface area contributed by atoms with Gasteiger partial charge in [0.05, 0.1) is 0 Å². The number of aromatic nitrogens is 2. The highest BCUT2D eigenvalue weighted by Gasteiger charge is 2.03. The summed E-state index contributed by atoms with van der Waals surface area (Å²) >= 11 is 3.19. The van der Waals surface area contributed by atoms with Gasteiger partial charge >= 0.3 is 0 Å². The molecule has 2 rings (SSSR count). The monoisotopic (exact) mass is 266 g/mol. The van der Waals surface area contributed by atoms with Gasteiger partial charge in [0.15, 0.2) is 5.16 Å². The molecule has 0 aromatic carbocycles. The van der Waals surface area contributed by atoms with Crippen molar-refractivity contribution in [2.45, 2.75) is 18.6 Å². The van der Waals surface area contributed by atoms with Gasteiger partial charge in [0.25, 0.3) is 0 Å². The normalized spacial score (nSPS) is 10.5. The highest BCUT2D eigenvalue weighted by atomic mass is 32.2. The minimum atomic E-state index is 0.494. The molecule has 0 aliphatic carbocycles. The van der Waals surface area contributed by atoms with Crippen molar-refractivity contribution in [3.8, 4) is 0 Å². The average Bonchev–Trinajstić information content (AvgIpc) is 2.71. The van der Waals surface area contributed by atoms with Crippen LogP contribution in [0.5, 0.6) is 0 Å². The Balaban J connectivity index is 2.09. The molecular formula is C11H14N4S2. The Morgan fingerprint density at radius 1 is 1.41 bits per heavy atom. The molecule has 2 heterocycles. The number of anilines is 2. The summed E-state index contributed by atoms with van der Waals surface area (Å²) in [6.45, 7) is 2.87. The third kappa shape index (κ3) is 3.10. The summed E-state index contributed by atoms with van der Waals surface area (Å²) in [6.07, 6.45) is 1.93. The van der Waals surface area contributed by atoms with Gasteiger partial charge in [0.2, 0.25) is 0 Å². The highest BCUT2D eigenvalue weighted by Crippen LogP contribution is 2.18. The van der Waals surface area contributed by atoms with Crippen molar-refractivity contribution in [3.63, 3.8) is 0 Å². The van der Waals surface area contributed by atoms with Crippen LogP contribution in [0.25, 0.3) is 0 Å². The molecule has 0 amide bonds. The van der Waals surface area contributed by atoms with Crippen molar-refractivity contribution in [2.75, 3.05) is 17.3 Å². The van der Waals surface area contributed by atoms with E-state index < -0.39 is 0 Å². The number of thioether (sulfide) groups is 1. The van der Waals surface area contributed by atoms with Crippen molar-refractivity contribution < 1.29 is 0 Å². The third-order valence-electron chi connectivity index (χ3n) is 2.33. The number of aryl methyl sites for hydroxylation is 1. The zero-order valence-corrected chi connectivity index (χ0v) is 11.4. The van der Waals surface area contributed by atoms with Crippen LogP contribution in [0, 0.1) is 6.92 Å². The van der Waals surface area contributed by atoms with E-state index in [4.69, 9.17) is 5.73 Å². The number of hydrogen-bond acceptors (Lipinski definition) is 6. The van der Waals surface area contributed by atoms with E-state index in [9.17, 15) is 0 Å². The fourth-order valence-electron chi connectivity index (χ4n) is 1.38. The van der Waals surface area contributed by atoms with Crippen LogP contribution in [-0.4, -0.2) is 16.2 Å². The summed E-state index contributed by atoms with van der Waals surface area (Å²) in [5.41, 5.74) is 8.30. The zero-order valence-electron chi connectivity index (χ0n) is 9.73.